The fourth-order valence-electron chi connectivity index (χ4n) is 3.49. The number of fused-ring (bicyclic) bond motifs is 1. The van der Waals surface area contributed by atoms with E-state index in [4.69, 9.17) is 9.97 Å². The van der Waals surface area contributed by atoms with Crippen molar-refractivity contribution in [1.29, 1.82) is 0 Å². The third-order valence-electron chi connectivity index (χ3n) is 5.04. The van der Waals surface area contributed by atoms with Crippen LogP contribution in [0.4, 0.5) is 5.82 Å². The number of aromatic nitrogens is 3. The topological polar surface area (TPSA) is 53.9 Å². The van der Waals surface area contributed by atoms with Gasteiger partial charge in [0.15, 0.2) is 0 Å². The van der Waals surface area contributed by atoms with Crippen LogP contribution in [-0.4, -0.2) is 39.5 Å². The van der Waals surface area contributed by atoms with Gasteiger partial charge in [0.2, 0.25) is 0 Å². The highest BCUT2D eigenvalue weighted by Crippen LogP contribution is 2.33. The summed E-state index contributed by atoms with van der Waals surface area (Å²) in [5, 5.41) is 4.73. The average molecular weight is 368 g/mol. The second kappa shape index (κ2) is 7.68. The van der Waals surface area contributed by atoms with Crippen molar-refractivity contribution in [2.75, 3.05) is 25.0 Å². The minimum atomic E-state index is 0.820. The molecule has 1 N–H and O–H groups in total. The molecule has 5 nitrogen and oxygen atoms in total. The standard InChI is InChI=1S/C20H25N5S/c1-14-15(2)26-20-18(14)19(22-10-8-16-7-3-4-9-21-16)23-17(24-20)13-25-11-5-6-12-25/h3-4,7,9H,5-6,8,10-13H2,1-2H3,(H,22,23,24). The Bertz CT molecular complexity index is 884. The molecule has 4 rings (SSSR count). The van der Waals surface area contributed by atoms with E-state index in [9.17, 15) is 0 Å². The molecule has 0 saturated carbocycles. The van der Waals surface area contributed by atoms with E-state index in [1.54, 1.807) is 11.3 Å². The molecule has 0 spiro atoms. The third kappa shape index (κ3) is 3.71. The molecule has 0 aliphatic carbocycles. The highest BCUT2D eigenvalue weighted by molar-refractivity contribution is 7.18. The molecular formula is C20H25N5S. The summed E-state index contributed by atoms with van der Waals surface area (Å²) in [5.41, 5.74) is 2.39. The lowest BCUT2D eigenvalue weighted by atomic mass is 10.2. The number of hydrogen-bond acceptors (Lipinski definition) is 6. The van der Waals surface area contributed by atoms with Crippen LogP contribution < -0.4 is 5.32 Å². The number of likely N-dealkylation sites (tertiary alicyclic amines) is 1. The Morgan fingerprint density at radius 3 is 2.77 bits per heavy atom. The maximum Gasteiger partial charge on any atom is 0.146 e. The lowest BCUT2D eigenvalue weighted by molar-refractivity contribution is 0.323. The molecule has 1 aliphatic heterocycles. The Hall–Kier alpha value is -2.05. The normalized spacial score (nSPS) is 15.0. The summed E-state index contributed by atoms with van der Waals surface area (Å²) >= 11 is 1.77. The van der Waals surface area contributed by atoms with E-state index in [1.165, 1.54) is 28.7 Å². The zero-order valence-electron chi connectivity index (χ0n) is 15.5. The van der Waals surface area contributed by atoms with Gasteiger partial charge in [-0.05, 0) is 57.5 Å². The van der Waals surface area contributed by atoms with Gasteiger partial charge in [0, 0.05) is 29.7 Å². The summed E-state index contributed by atoms with van der Waals surface area (Å²) in [5.74, 6) is 1.91. The summed E-state index contributed by atoms with van der Waals surface area (Å²) in [6, 6.07) is 6.05. The monoisotopic (exact) mass is 367 g/mol. The molecule has 136 valence electrons. The number of nitrogens with zero attached hydrogens (tertiary/aromatic N) is 4. The molecule has 0 atom stereocenters. The highest BCUT2D eigenvalue weighted by Gasteiger charge is 2.18. The second-order valence-electron chi connectivity index (χ2n) is 6.93. The van der Waals surface area contributed by atoms with Gasteiger partial charge in [0.25, 0.3) is 0 Å². The predicted octanol–water partition coefficient (Wildman–Crippen LogP) is 3.95. The van der Waals surface area contributed by atoms with Crippen LogP contribution in [0, 0.1) is 13.8 Å². The van der Waals surface area contributed by atoms with Gasteiger partial charge in [-0.3, -0.25) is 9.88 Å². The summed E-state index contributed by atoms with van der Waals surface area (Å²) < 4.78 is 0. The van der Waals surface area contributed by atoms with Crippen LogP contribution in [0.5, 0.6) is 0 Å². The van der Waals surface area contributed by atoms with Crippen LogP contribution in [-0.2, 0) is 13.0 Å². The van der Waals surface area contributed by atoms with E-state index >= 15 is 0 Å². The maximum absolute atomic E-state index is 4.89. The van der Waals surface area contributed by atoms with Crippen molar-refractivity contribution in [3.8, 4) is 0 Å². The smallest absolute Gasteiger partial charge is 0.146 e. The van der Waals surface area contributed by atoms with E-state index in [1.807, 2.05) is 18.3 Å². The Balaban J connectivity index is 1.57. The van der Waals surface area contributed by atoms with Crippen molar-refractivity contribution >= 4 is 27.4 Å². The van der Waals surface area contributed by atoms with Gasteiger partial charge in [0.1, 0.15) is 16.5 Å². The van der Waals surface area contributed by atoms with Crippen molar-refractivity contribution in [3.63, 3.8) is 0 Å². The lowest BCUT2D eigenvalue weighted by Gasteiger charge is -2.15. The van der Waals surface area contributed by atoms with Crippen molar-refractivity contribution in [2.24, 2.45) is 0 Å². The zero-order valence-corrected chi connectivity index (χ0v) is 16.3. The number of rotatable bonds is 6. The van der Waals surface area contributed by atoms with Crippen molar-refractivity contribution in [3.05, 3.63) is 46.4 Å². The first kappa shape index (κ1) is 17.4. The molecule has 4 heterocycles. The van der Waals surface area contributed by atoms with Gasteiger partial charge in [-0.2, -0.15) is 0 Å². The second-order valence-corrected chi connectivity index (χ2v) is 8.14. The molecule has 1 aliphatic rings. The average Bonchev–Trinajstić information content (AvgIpc) is 3.24. The van der Waals surface area contributed by atoms with E-state index in [2.05, 4.69) is 35.1 Å². The zero-order chi connectivity index (χ0) is 17.9. The number of thiophene rings is 1. The molecule has 0 bridgehead atoms. The van der Waals surface area contributed by atoms with Crippen LogP contribution in [0.25, 0.3) is 10.2 Å². The number of pyridine rings is 1. The summed E-state index contributed by atoms with van der Waals surface area (Å²) in [6.07, 6.45) is 5.30. The summed E-state index contributed by atoms with van der Waals surface area (Å²) in [7, 11) is 0. The Kier molecular flexibility index (Phi) is 5.13. The molecule has 1 saturated heterocycles. The summed E-state index contributed by atoms with van der Waals surface area (Å²) in [4.78, 5) is 19.0. The van der Waals surface area contributed by atoms with Crippen LogP contribution in [0.15, 0.2) is 24.4 Å². The predicted molar refractivity (Wildman–Crippen MR) is 108 cm³/mol. The Morgan fingerprint density at radius 1 is 1.15 bits per heavy atom. The largest absolute Gasteiger partial charge is 0.369 e. The van der Waals surface area contributed by atoms with E-state index in [-0.39, 0.29) is 0 Å². The molecule has 0 unspecified atom stereocenters. The van der Waals surface area contributed by atoms with Crippen LogP contribution in [0.2, 0.25) is 0 Å². The first-order chi connectivity index (χ1) is 12.7. The molecule has 0 radical (unpaired) electrons. The van der Waals surface area contributed by atoms with Crippen molar-refractivity contribution in [2.45, 2.75) is 39.7 Å². The van der Waals surface area contributed by atoms with Gasteiger partial charge >= 0.3 is 0 Å². The van der Waals surface area contributed by atoms with Crippen LogP contribution >= 0.6 is 11.3 Å². The number of anilines is 1. The van der Waals surface area contributed by atoms with Crippen LogP contribution in [0.1, 0.15) is 34.8 Å². The van der Waals surface area contributed by atoms with Crippen molar-refractivity contribution in [1.82, 2.24) is 19.9 Å². The first-order valence-electron chi connectivity index (χ1n) is 9.33. The van der Waals surface area contributed by atoms with Gasteiger partial charge in [-0.1, -0.05) is 6.07 Å². The highest BCUT2D eigenvalue weighted by atomic mass is 32.1. The molecule has 3 aromatic rings. The minimum absolute atomic E-state index is 0.820. The first-order valence-corrected chi connectivity index (χ1v) is 10.1. The van der Waals surface area contributed by atoms with E-state index in [0.29, 0.717) is 0 Å². The molecule has 0 aromatic carbocycles. The van der Waals surface area contributed by atoms with Gasteiger partial charge in [0.05, 0.1) is 11.9 Å². The molecule has 26 heavy (non-hydrogen) atoms. The Morgan fingerprint density at radius 2 is 2.00 bits per heavy atom. The molecule has 0 amide bonds. The number of nitrogens with one attached hydrogen (secondary N) is 1. The lowest BCUT2D eigenvalue weighted by Crippen LogP contribution is -2.20. The fourth-order valence-corrected chi connectivity index (χ4v) is 4.54. The molecule has 6 heteroatoms. The van der Waals surface area contributed by atoms with Gasteiger partial charge < -0.3 is 5.32 Å². The fraction of sp³-hybridized carbons (Fsp3) is 0.450. The van der Waals surface area contributed by atoms with E-state index < -0.39 is 0 Å². The minimum Gasteiger partial charge on any atom is -0.369 e. The van der Waals surface area contributed by atoms with Gasteiger partial charge in [-0.15, -0.1) is 11.3 Å². The van der Waals surface area contributed by atoms with Gasteiger partial charge in [-0.25, -0.2) is 9.97 Å². The van der Waals surface area contributed by atoms with Crippen LogP contribution in [0.3, 0.4) is 0 Å². The maximum atomic E-state index is 4.89. The Labute approximate surface area is 158 Å². The van der Waals surface area contributed by atoms with Crippen molar-refractivity contribution < 1.29 is 0 Å². The number of hydrogen-bond donors (Lipinski definition) is 1. The van der Waals surface area contributed by atoms with E-state index in [0.717, 1.165) is 54.8 Å². The SMILES string of the molecule is Cc1sc2nc(CN3CCCC3)nc(NCCc3ccccn3)c2c1C. The molecule has 1 fully saturated rings. The quantitative estimate of drug-likeness (QED) is 0.715. The number of aryl methyl sites for hydroxylation is 2. The molecular weight excluding hydrogens is 342 g/mol. The summed E-state index contributed by atoms with van der Waals surface area (Å²) in [6.45, 7) is 8.32. The molecule has 3 aromatic heterocycles. The third-order valence-corrected chi connectivity index (χ3v) is 6.14.